The van der Waals surface area contributed by atoms with Gasteiger partial charge in [-0.1, -0.05) is 11.6 Å². The van der Waals surface area contributed by atoms with Gasteiger partial charge < -0.3 is 5.73 Å². The largest absolute Gasteiger partial charge is 0.398 e. The molecule has 2 nitrogen and oxygen atoms in total. The number of hydrogen-bond acceptors (Lipinski definition) is 2. The second kappa shape index (κ2) is 2.46. The highest BCUT2D eigenvalue weighted by Gasteiger charge is 1.99. The van der Waals surface area contributed by atoms with Crippen molar-refractivity contribution >= 4 is 17.3 Å². The molecule has 3 heteroatoms. The quantitative estimate of drug-likeness (QED) is 0.583. The van der Waals surface area contributed by atoms with E-state index in [1.807, 2.05) is 13.8 Å². The maximum absolute atomic E-state index is 5.63. The number of pyridine rings is 1. The molecule has 0 aliphatic rings. The molecule has 0 bridgehead atoms. The number of aryl methyl sites for hydroxylation is 1. The Labute approximate surface area is 65.0 Å². The van der Waals surface area contributed by atoms with Crippen LogP contribution in [0.2, 0.25) is 5.15 Å². The van der Waals surface area contributed by atoms with E-state index in [4.69, 9.17) is 17.3 Å². The number of hydrogen-bond donors (Lipinski definition) is 1. The molecule has 0 amide bonds. The van der Waals surface area contributed by atoms with Gasteiger partial charge >= 0.3 is 0 Å². The van der Waals surface area contributed by atoms with Crippen LogP contribution >= 0.6 is 11.6 Å². The van der Waals surface area contributed by atoms with Crippen LogP contribution in [0.3, 0.4) is 0 Å². The van der Waals surface area contributed by atoms with E-state index in [-0.39, 0.29) is 0 Å². The van der Waals surface area contributed by atoms with Gasteiger partial charge in [-0.2, -0.15) is 0 Å². The number of anilines is 1. The van der Waals surface area contributed by atoms with Crippen LogP contribution in [0.4, 0.5) is 5.69 Å². The van der Waals surface area contributed by atoms with Crippen LogP contribution in [0.1, 0.15) is 11.3 Å². The molecule has 2 N–H and O–H groups in total. The Morgan fingerprint density at radius 1 is 1.50 bits per heavy atom. The Hall–Kier alpha value is -0.760. The summed E-state index contributed by atoms with van der Waals surface area (Å²) in [5, 5.41) is 0.459. The molecule has 0 saturated carbocycles. The fourth-order valence-electron chi connectivity index (χ4n) is 0.722. The van der Waals surface area contributed by atoms with E-state index < -0.39 is 0 Å². The van der Waals surface area contributed by atoms with Crippen molar-refractivity contribution < 1.29 is 0 Å². The summed E-state index contributed by atoms with van der Waals surface area (Å²) < 4.78 is 0. The van der Waals surface area contributed by atoms with E-state index >= 15 is 0 Å². The first kappa shape index (κ1) is 7.35. The SMILES string of the molecule is Cc1nc(Cl)cc(N)c1C. The van der Waals surface area contributed by atoms with Gasteiger partial charge in [-0.25, -0.2) is 4.98 Å². The van der Waals surface area contributed by atoms with Crippen molar-refractivity contribution in [3.05, 3.63) is 22.5 Å². The molecule has 0 atom stereocenters. The minimum Gasteiger partial charge on any atom is -0.398 e. The molecule has 1 aromatic rings. The Morgan fingerprint density at radius 2 is 2.10 bits per heavy atom. The molecule has 0 fully saturated rings. The molecule has 0 aliphatic heterocycles. The molecular formula is C7H9ClN2. The van der Waals surface area contributed by atoms with Gasteiger partial charge in [0, 0.05) is 11.4 Å². The van der Waals surface area contributed by atoms with Crippen LogP contribution in [0.5, 0.6) is 0 Å². The molecule has 0 spiro atoms. The number of rotatable bonds is 0. The van der Waals surface area contributed by atoms with E-state index in [1.165, 1.54) is 0 Å². The Morgan fingerprint density at radius 3 is 2.60 bits per heavy atom. The third-order valence-electron chi connectivity index (χ3n) is 1.52. The molecule has 0 unspecified atom stereocenters. The summed E-state index contributed by atoms with van der Waals surface area (Å²) in [6.07, 6.45) is 0. The molecule has 0 radical (unpaired) electrons. The molecular weight excluding hydrogens is 148 g/mol. The fourth-order valence-corrected chi connectivity index (χ4v) is 0.966. The van der Waals surface area contributed by atoms with Gasteiger partial charge in [0.1, 0.15) is 5.15 Å². The highest BCUT2D eigenvalue weighted by Crippen LogP contribution is 2.17. The van der Waals surface area contributed by atoms with Crippen LogP contribution in [0.25, 0.3) is 0 Å². The number of nitrogens with zero attached hydrogens (tertiary/aromatic N) is 1. The molecule has 1 heterocycles. The smallest absolute Gasteiger partial charge is 0.131 e. The first-order valence-electron chi connectivity index (χ1n) is 3.00. The van der Waals surface area contributed by atoms with Crippen LogP contribution in [0, 0.1) is 13.8 Å². The maximum atomic E-state index is 5.63. The summed E-state index contributed by atoms with van der Waals surface area (Å²) in [7, 11) is 0. The summed E-state index contributed by atoms with van der Waals surface area (Å²) in [6, 6.07) is 1.66. The molecule has 10 heavy (non-hydrogen) atoms. The summed E-state index contributed by atoms with van der Waals surface area (Å²) >= 11 is 5.63. The zero-order valence-electron chi connectivity index (χ0n) is 5.98. The standard InChI is InChI=1S/C7H9ClN2/c1-4-5(2)10-7(8)3-6(4)9/h3H,1-2H3,(H2,9,10). The van der Waals surface area contributed by atoms with Gasteiger partial charge in [0.15, 0.2) is 0 Å². The number of halogens is 1. The Bertz CT molecular complexity index is 235. The third kappa shape index (κ3) is 1.21. The van der Waals surface area contributed by atoms with Crippen LogP contribution < -0.4 is 5.73 Å². The molecule has 54 valence electrons. The van der Waals surface area contributed by atoms with Crippen molar-refractivity contribution in [2.45, 2.75) is 13.8 Å². The third-order valence-corrected chi connectivity index (χ3v) is 1.72. The second-order valence-corrected chi connectivity index (χ2v) is 2.63. The zero-order valence-corrected chi connectivity index (χ0v) is 6.74. The highest BCUT2D eigenvalue weighted by atomic mass is 35.5. The minimum atomic E-state index is 0.459. The summed E-state index contributed by atoms with van der Waals surface area (Å²) in [5.74, 6) is 0. The predicted molar refractivity (Wildman–Crippen MR) is 43.1 cm³/mol. The number of nitrogen functional groups attached to an aromatic ring is 1. The first-order chi connectivity index (χ1) is 4.61. The minimum absolute atomic E-state index is 0.459. The van der Waals surface area contributed by atoms with E-state index in [0.717, 1.165) is 11.3 Å². The highest BCUT2D eigenvalue weighted by molar-refractivity contribution is 6.29. The van der Waals surface area contributed by atoms with E-state index in [1.54, 1.807) is 6.07 Å². The number of aromatic nitrogens is 1. The van der Waals surface area contributed by atoms with Gasteiger partial charge in [-0.15, -0.1) is 0 Å². The van der Waals surface area contributed by atoms with Crippen molar-refractivity contribution in [3.63, 3.8) is 0 Å². The monoisotopic (exact) mass is 156 g/mol. The lowest BCUT2D eigenvalue weighted by Gasteiger charge is -2.02. The lowest BCUT2D eigenvalue weighted by molar-refractivity contribution is 1.16. The van der Waals surface area contributed by atoms with Crippen molar-refractivity contribution in [1.29, 1.82) is 0 Å². The topological polar surface area (TPSA) is 38.9 Å². The average Bonchev–Trinajstić information content (AvgIpc) is 1.82. The average molecular weight is 157 g/mol. The predicted octanol–water partition coefficient (Wildman–Crippen LogP) is 1.93. The van der Waals surface area contributed by atoms with Crippen molar-refractivity contribution in [1.82, 2.24) is 4.98 Å². The summed E-state index contributed by atoms with van der Waals surface area (Å²) in [6.45, 7) is 3.81. The summed E-state index contributed by atoms with van der Waals surface area (Å²) in [4.78, 5) is 4.02. The Balaban J connectivity index is 3.31. The lowest BCUT2D eigenvalue weighted by atomic mass is 10.2. The van der Waals surface area contributed by atoms with Crippen LogP contribution in [-0.4, -0.2) is 4.98 Å². The van der Waals surface area contributed by atoms with Gasteiger partial charge in [0.25, 0.3) is 0 Å². The fraction of sp³-hybridized carbons (Fsp3) is 0.286. The van der Waals surface area contributed by atoms with Crippen molar-refractivity contribution in [3.8, 4) is 0 Å². The molecule has 0 aliphatic carbocycles. The molecule has 0 saturated heterocycles. The second-order valence-electron chi connectivity index (χ2n) is 2.24. The van der Waals surface area contributed by atoms with E-state index in [2.05, 4.69) is 4.98 Å². The van der Waals surface area contributed by atoms with E-state index in [0.29, 0.717) is 10.8 Å². The van der Waals surface area contributed by atoms with Gasteiger partial charge in [0.05, 0.1) is 0 Å². The van der Waals surface area contributed by atoms with Crippen LogP contribution in [0.15, 0.2) is 6.07 Å². The van der Waals surface area contributed by atoms with Gasteiger partial charge in [0.2, 0.25) is 0 Å². The zero-order chi connectivity index (χ0) is 7.72. The van der Waals surface area contributed by atoms with Gasteiger partial charge in [-0.05, 0) is 25.5 Å². The number of nitrogens with two attached hydrogens (primary N) is 1. The maximum Gasteiger partial charge on any atom is 0.131 e. The molecule has 1 aromatic heterocycles. The van der Waals surface area contributed by atoms with Gasteiger partial charge in [-0.3, -0.25) is 0 Å². The molecule has 1 rings (SSSR count). The van der Waals surface area contributed by atoms with Crippen LogP contribution in [-0.2, 0) is 0 Å². The van der Waals surface area contributed by atoms with Crippen molar-refractivity contribution in [2.24, 2.45) is 0 Å². The Kier molecular flexibility index (Phi) is 1.81. The van der Waals surface area contributed by atoms with E-state index in [9.17, 15) is 0 Å². The first-order valence-corrected chi connectivity index (χ1v) is 3.38. The summed E-state index contributed by atoms with van der Waals surface area (Å²) in [5.41, 5.74) is 8.20. The van der Waals surface area contributed by atoms with Crippen molar-refractivity contribution in [2.75, 3.05) is 5.73 Å². The molecule has 0 aromatic carbocycles. The lowest BCUT2D eigenvalue weighted by Crippen LogP contribution is -1.94. The normalized spacial score (nSPS) is 9.90.